The van der Waals surface area contributed by atoms with E-state index in [2.05, 4.69) is 0 Å². The summed E-state index contributed by atoms with van der Waals surface area (Å²) in [5, 5.41) is 0. The van der Waals surface area contributed by atoms with Crippen LogP contribution in [0.25, 0.3) is 0 Å². The summed E-state index contributed by atoms with van der Waals surface area (Å²) in [7, 11) is 0. The Kier molecular flexibility index (Phi) is 2.06. The minimum Gasteiger partial charge on any atom is -0.290 e. The molecule has 0 aromatic heterocycles. The standard InChI is InChI=1S/C9H14F3N/c10-9(11,12)8(4-5-8)13-6-2-1-3-7-13/h1-7H2. The molecule has 76 valence electrons. The molecule has 0 atom stereocenters. The van der Waals surface area contributed by atoms with Crippen molar-refractivity contribution < 1.29 is 13.2 Å². The molecular weight excluding hydrogens is 179 g/mol. The zero-order chi connectivity index (χ0) is 9.53. The fraction of sp³-hybridized carbons (Fsp3) is 1.00. The number of nitrogens with zero attached hydrogens (tertiary/aromatic N) is 1. The second kappa shape index (κ2) is 2.87. The van der Waals surface area contributed by atoms with Crippen LogP contribution in [0.15, 0.2) is 0 Å². The summed E-state index contributed by atoms with van der Waals surface area (Å²) in [4.78, 5) is 1.65. The first-order valence-corrected chi connectivity index (χ1v) is 4.88. The lowest BCUT2D eigenvalue weighted by molar-refractivity contribution is -0.198. The van der Waals surface area contributed by atoms with Crippen molar-refractivity contribution in [2.75, 3.05) is 13.1 Å². The van der Waals surface area contributed by atoms with Gasteiger partial charge in [-0.25, -0.2) is 0 Å². The van der Waals surface area contributed by atoms with Gasteiger partial charge >= 0.3 is 6.18 Å². The minimum atomic E-state index is -4.01. The highest BCUT2D eigenvalue weighted by atomic mass is 19.4. The summed E-state index contributed by atoms with van der Waals surface area (Å²) in [5.41, 5.74) is -1.41. The van der Waals surface area contributed by atoms with Gasteiger partial charge in [-0.1, -0.05) is 6.42 Å². The van der Waals surface area contributed by atoms with Crippen LogP contribution >= 0.6 is 0 Å². The summed E-state index contributed by atoms with van der Waals surface area (Å²) >= 11 is 0. The van der Waals surface area contributed by atoms with E-state index < -0.39 is 11.7 Å². The highest BCUT2D eigenvalue weighted by Crippen LogP contribution is 2.54. The van der Waals surface area contributed by atoms with E-state index in [0.29, 0.717) is 25.9 Å². The van der Waals surface area contributed by atoms with E-state index in [9.17, 15) is 13.2 Å². The lowest BCUT2D eigenvalue weighted by Gasteiger charge is -2.36. The van der Waals surface area contributed by atoms with Gasteiger partial charge in [0.1, 0.15) is 5.54 Å². The van der Waals surface area contributed by atoms with Crippen LogP contribution in [-0.2, 0) is 0 Å². The van der Waals surface area contributed by atoms with Gasteiger partial charge in [0, 0.05) is 0 Å². The van der Waals surface area contributed by atoms with Crippen LogP contribution in [0.4, 0.5) is 13.2 Å². The molecule has 2 aliphatic rings. The van der Waals surface area contributed by atoms with Crippen LogP contribution in [0.1, 0.15) is 32.1 Å². The highest BCUT2D eigenvalue weighted by molar-refractivity contribution is 5.09. The highest BCUT2D eigenvalue weighted by Gasteiger charge is 2.66. The maximum Gasteiger partial charge on any atom is 0.406 e. The maximum absolute atomic E-state index is 12.6. The van der Waals surface area contributed by atoms with Gasteiger partial charge in [0.15, 0.2) is 0 Å². The third-order valence-electron chi connectivity index (χ3n) is 3.21. The van der Waals surface area contributed by atoms with Crippen LogP contribution < -0.4 is 0 Å². The first-order valence-electron chi connectivity index (χ1n) is 4.88. The summed E-state index contributed by atoms with van der Waals surface area (Å²) in [5.74, 6) is 0. The van der Waals surface area contributed by atoms with E-state index in [0.717, 1.165) is 19.3 Å². The van der Waals surface area contributed by atoms with Gasteiger partial charge in [-0.2, -0.15) is 13.2 Å². The normalized spacial score (nSPS) is 28.8. The van der Waals surface area contributed by atoms with Crippen LogP contribution in [0.5, 0.6) is 0 Å². The topological polar surface area (TPSA) is 3.24 Å². The second-order valence-corrected chi connectivity index (χ2v) is 4.08. The SMILES string of the molecule is FC(F)(F)C1(N2CCCCC2)CC1. The minimum absolute atomic E-state index is 0.316. The van der Waals surface area contributed by atoms with Crippen molar-refractivity contribution in [3.05, 3.63) is 0 Å². The predicted molar refractivity (Wildman–Crippen MR) is 43.4 cm³/mol. The molecule has 2 fully saturated rings. The van der Waals surface area contributed by atoms with Crippen molar-refractivity contribution in [3.8, 4) is 0 Å². The fourth-order valence-electron chi connectivity index (χ4n) is 2.22. The molecule has 0 amide bonds. The molecule has 13 heavy (non-hydrogen) atoms. The number of piperidine rings is 1. The first kappa shape index (κ1) is 9.31. The van der Waals surface area contributed by atoms with Crippen LogP contribution in [-0.4, -0.2) is 29.7 Å². The number of rotatable bonds is 1. The Morgan fingerprint density at radius 2 is 1.46 bits per heavy atom. The van der Waals surface area contributed by atoms with Crippen LogP contribution in [0.2, 0.25) is 0 Å². The van der Waals surface area contributed by atoms with E-state index in [4.69, 9.17) is 0 Å². The summed E-state index contributed by atoms with van der Waals surface area (Å²) in [6.45, 7) is 1.28. The molecule has 1 heterocycles. The Morgan fingerprint density at radius 3 is 1.85 bits per heavy atom. The Labute approximate surface area is 75.9 Å². The van der Waals surface area contributed by atoms with E-state index in [1.54, 1.807) is 4.90 Å². The van der Waals surface area contributed by atoms with Crippen molar-refractivity contribution in [3.63, 3.8) is 0 Å². The van der Waals surface area contributed by atoms with Gasteiger partial charge in [-0.3, -0.25) is 4.90 Å². The Hall–Kier alpha value is -0.250. The van der Waals surface area contributed by atoms with Crippen molar-refractivity contribution in [1.29, 1.82) is 0 Å². The lowest BCUT2D eigenvalue weighted by atomic mass is 10.1. The molecule has 0 radical (unpaired) electrons. The molecule has 0 unspecified atom stereocenters. The molecule has 0 spiro atoms. The van der Waals surface area contributed by atoms with Gasteiger partial charge in [-0.15, -0.1) is 0 Å². The quantitative estimate of drug-likeness (QED) is 0.618. The molecule has 2 rings (SSSR count). The number of alkyl halides is 3. The molecule has 1 aliphatic carbocycles. The smallest absolute Gasteiger partial charge is 0.290 e. The number of hydrogen-bond donors (Lipinski definition) is 0. The fourth-order valence-corrected chi connectivity index (χ4v) is 2.22. The van der Waals surface area contributed by atoms with Gasteiger partial charge in [0.2, 0.25) is 0 Å². The average Bonchev–Trinajstić information content (AvgIpc) is 2.84. The Balaban J connectivity index is 2.06. The Bertz CT molecular complexity index is 190. The van der Waals surface area contributed by atoms with Crippen molar-refractivity contribution in [2.24, 2.45) is 0 Å². The van der Waals surface area contributed by atoms with Crippen LogP contribution in [0, 0.1) is 0 Å². The average molecular weight is 193 g/mol. The lowest BCUT2D eigenvalue weighted by Crippen LogP contribution is -2.50. The first-order chi connectivity index (χ1) is 6.06. The van der Waals surface area contributed by atoms with Gasteiger partial charge in [0.25, 0.3) is 0 Å². The van der Waals surface area contributed by atoms with Crippen LogP contribution in [0.3, 0.4) is 0 Å². The molecule has 1 aliphatic heterocycles. The van der Waals surface area contributed by atoms with E-state index in [1.807, 2.05) is 0 Å². The Morgan fingerprint density at radius 1 is 0.923 bits per heavy atom. The second-order valence-electron chi connectivity index (χ2n) is 4.08. The predicted octanol–water partition coefficient (Wildman–Crippen LogP) is 2.57. The van der Waals surface area contributed by atoms with E-state index in [1.165, 1.54) is 0 Å². The monoisotopic (exact) mass is 193 g/mol. The van der Waals surface area contributed by atoms with Crippen molar-refractivity contribution >= 4 is 0 Å². The van der Waals surface area contributed by atoms with Crippen molar-refractivity contribution in [2.45, 2.75) is 43.8 Å². The zero-order valence-corrected chi connectivity index (χ0v) is 7.53. The molecule has 0 N–H and O–H groups in total. The summed E-state index contributed by atoms with van der Waals surface area (Å²) in [6, 6.07) is 0. The van der Waals surface area contributed by atoms with Crippen molar-refractivity contribution in [1.82, 2.24) is 4.90 Å². The molecule has 0 aromatic carbocycles. The number of halogens is 3. The number of hydrogen-bond acceptors (Lipinski definition) is 1. The van der Waals surface area contributed by atoms with E-state index >= 15 is 0 Å². The van der Waals surface area contributed by atoms with E-state index in [-0.39, 0.29) is 0 Å². The number of likely N-dealkylation sites (tertiary alicyclic amines) is 1. The van der Waals surface area contributed by atoms with Gasteiger partial charge < -0.3 is 0 Å². The molecule has 4 heteroatoms. The third-order valence-corrected chi connectivity index (χ3v) is 3.21. The van der Waals surface area contributed by atoms with Gasteiger partial charge in [-0.05, 0) is 38.8 Å². The summed E-state index contributed by atoms with van der Waals surface area (Å²) < 4.78 is 37.9. The maximum atomic E-state index is 12.6. The summed E-state index contributed by atoms with van der Waals surface area (Å²) in [6.07, 6.45) is -0.433. The molecule has 0 bridgehead atoms. The molecule has 1 nitrogen and oxygen atoms in total. The van der Waals surface area contributed by atoms with Gasteiger partial charge in [0.05, 0.1) is 0 Å². The molecule has 0 aromatic rings. The third kappa shape index (κ3) is 1.45. The largest absolute Gasteiger partial charge is 0.406 e. The molecule has 1 saturated heterocycles. The molecular formula is C9H14F3N. The molecule has 1 saturated carbocycles. The zero-order valence-electron chi connectivity index (χ0n) is 7.53.